The maximum atomic E-state index is 12.4. The van der Waals surface area contributed by atoms with Gasteiger partial charge in [0.05, 0.1) is 19.3 Å². The Bertz CT molecular complexity index is 474. The van der Waals surface area contributed by atoms with Gasteiger partial charge in [0.25, 0.3) is 0 Å². The van der Waals surface area contributed by atoms with Crippen LogP contribution in [0.25, 0.3) is 0 Å². The van der Waals surface area contributed by atoms with Crippen molar-refractivity contribution in [3.05, 3.63) is 22.4 Å². The fraction of sp³-hybridized carbons (Fsp3) is 0.706. The van der Waals surface area contributed by atoms with Crippen LogP contribution in [0.3, 0.4) is 0 Å². The highest BCUT2D eigenvalue weighted by Crippen LogP contribution is 2.32. The second-order valence-electron chi connectivity index (χ2n) is 6.30. The molecule has 0 aromatic carbocycles. The number of carbonyl (C=O) groups is 1. The molecule has 2 saturated heterocycles. The summed E-state index contributed by atoms with van der Waals surface area (Å²) in [4.78, 5) is 16.9. The molecule has 0 saturated carbocycles. The van der Waals surface area contributed by atoms with E-state index in [1.54, 1.807) is 11.3 Å². The normalized spacial score (nSPS) is 22.4. The number of urea groups is 1. The van der Waals surface area contributed by atoms with Crippen LogP contribution in [0.4, 0.5) is 4.79 Å². The zero-order valence-electron chi connectivity index (χ0n) is 13.7. The lowest BCUT2D eigenvalue weighted by Gasteiger charge is -2.26. The summed E-state index contributed by atoms with van der Waals surface area (Å²) in [5.74, 6) is 0. The van der Waals surface area contributed by atoms with Crippen LogP contribution >= 0.6 is 11.3 Å². The number of unbranched alkanes of at least 4 members (excludes halogenated alkanes) is 1. The molecule has 1 aromatic rings. The molecule has 2 fully saturated rings. The molecule has 0 unspecified atom stereocenters. The minimum atomic E-state index is 0.102. The van der Waals surface area contributed by atoms with E-state index in [1.165, 1.54) is 5.56 Å². The number of nitrogens with zero attached hydrogens (tertiary/aromatic N) is 2. The second kappa shape index (κ2) is 8.66. The Morgan fingerprint density at radius 3 is 2.96 bits per heavy atom. The number of carbonyl (C=O) groups excluding carboxylic acids is 1. The molecule has 128 valence electrons. The van der Waals surface area contributed by atoms with Crippen LogP contribution in [-0.4, -0.2) is 61.8 Å². The number of ether oxygens (including phenoxy) is 1. The molecular weight excluding hydrogens is 310 g/mol. The number of morpholine rings is 1. The molecule has 3 rings (SSSR count). The van der Waals surface area contributed by atoms with Crippen molar-refractivity contribution in [2.75, 3.05) is 45.9 Å². The standard InChI is InChI=1S/C17H27N3O2S/c21-17(18-6-1-2-7-19-9-11-22-12-10-19)20-8-3-4-16(20)15-5-13-23-14-15/h5,13-14,16H,1-4,6-12H2,(H,18,21)/t16-/m0/s1. The first-order valence-electron chi connectivity index (χ1n) is 8.71. The molecule has 2 aliphatic rings. The molecule has 2 aliphatic heterocycles. The van der Waals surface area contributed by atoms with E-state index in [1.807, 2.05) is 4.90 Å². The van der Waals surface area contributed by atoms with Crippen molar-refractivity contribution >= 4 is 17.4 Å². The van der Waals surface area contributed by atoms with Gasteiger partial charge in [-0.25, -0.2) is 4.79 Å². The van der Waals surface area contributed by atoms with Crippen LogP contribution in [0.1, 0.15) is 37.3 Å². The summed E-state index contributed by atoms with van der Waals surface area (Å²) >= 11 is 1.71. The van der Waals surface area contributed by atoms with Gasteiger partial charge in [0.1, 0.15) is 0 Å². The zero-order chi connectivity index (χ0) is 15.9. The number of rotatable bonds is 6. The molecule has 5 nitrogen and oxygen atoms in total. The number of nitrogens with one attached hydrogen (secondary N) is 1. The first-order valence-corrected chi connectivity index (χ1v) is 9.65. The van der Waals surface area contributed by atoms with Gasteiger partial charge in [-0.15, -0.1) is 0 Å². The van der Waals surface area contributed by atoms with Crippen molar-refractivity contribution in [1.82, 2.24) is 15.1 Å². The van der Waals surface area contributed by atoms with Gasteiger partial charge >= 0.3 is 6.03 Å². The smallest absolute Gasteiger partial charge is 0.317 e. The van der Waals surface area contributed by atoms with Crippen molar-refractivity contribution in [3.8, 4) is 0 Å². The predicted octanol–water partition coefficient (Wildman–Crippen LogP) is 2.71. The van der Waals surface area contributed by atoms with Crippen LogP contribution < -0.4 is 5.32 Å². The summed E-state index contributed by atoms with van der Waals surface area (Å²) in [6.45, 7) is 6.56. The molecule has 1 aromatic heterocycles. The highest BCUT2D eigenvalue weighted by atomic mass is 32.1. The van der Waals surface area contributed by atoms with E-state index < -0.39 is 0 Å². The minimum Gasteiger partial charge on any atom is -0.379 e. The lowest BCUT2D eigenvalue weighted by Crippen LogP contribution is -2.40. The molecule has 6 heteroatoms. The lowest BCUT2D eigenvalue weighted by molar-refractivity contribution is 0.0372. The van der Waals surface area contributed by atoms with Gasteiger partial charge < -0.3 is 15.0 Å². The summed E-state index contributed by atoms with van der Waals surface area (Å²) in [6.07, 6.45) is 4.36. The third-order valence-corrected chi connectivity index (χ3v) is 5.42. The summed E-state index contributed by atoms with van der Waals surface area (Å²) in [5.41, 5.74) is 1.29. The molecule has 0 radical (unpaired) electrons. The maximum Gasteiger partial charge on any atom is 0.317 e. The Morgan fingerprint density at radius 1 is 1.30 bits per heavy atom. The van der Waals surface area contributed by atoms with E-state index in [-0.39, 0.29) is 12.1 Å². The van der Waals surface area contributed by atoms with Gasteiger partial charge in [0, 0.05) is 26.2 Å². The van der Waals surface area contributed by atoms with Crippen molar-refractivity contribution in [1.29, 1.82) is 0 Å². The molecule has 3 heterocycles. The summed E-state index contributed by atoms with van der Waals surface area (Å²) < 4.78 is 5.35. The number of hydrogen-bond donors (Lipinski definition) is 1. The Labute approximate surface area is 142 Å². The van der Waals surface area contributed by atoms with E-state index in [2.05, 4.69) is 27.0 Å². The Balaban J connectivity index is 1.34. The Morgan fingerprint density at radius 2 is 2.17 bits per heavy atom. The lowest BCUT2D eigenvalue weighted by atomic mass is 10.1. The van der Waals surface area contributed by atoms with E-state index in [0.29, 0.717) is 0 Å². The van der Waals surface area contributed by atoms with Crippen LogP contribution in [0, 0.1) is 0 Å². The van der Waals surface area contributed by atoms with Gasteiger partial charge in [-0.05, 0) is 54.6 Å². The van der Waals surface area contributed by atoms with E-state index in [4.69, 9.17) is 4.74 Å². The first kappa shape index (κ1) is 16.7. The average Bonchev–Trinajstić information content (AvgIpc) is 3.26. The monoisotopic (exact) mass is 337 g/mol. The van der Waals surface area contributed by atoms with Crippen LogP contribution in [0.15, 0.2) is 16.8 Å². The van der Waals surface area contributed by atoms with Crippen molar-refractivity contribution < 1.29 is 9.53 Å². The van der Waals surface area contributed by atoms with Crippen molar-refractivity contribution in [2.24, 2.45) is 0 Å². The number of amides is 2. The Hall–Kier alpha value is -1.11. The highest BCUT2D eigenvalue weighted by molar-refractivity contribution is 7.07. The molecular formula is C17H27N3O2S. The fourth-order valence-electron chi connectivity index (χ4n) is 3.40. The SMILES string of the molecule is O=C(NCCCCN1CCOCC1)N1CCC[C@H]1c1ccsc1. The van der Waals surface area contributed by atoms with Gasteiger partial charge in [0.2, 0.25) is 0 Å². The van der Waals surface area contributed by atoms with Crippen LogP contribution in [-0.2, 0) is 4.74 Å². The van der Waals surface area contributed by atoms with Gasteiger partial charge in [0.15, 0.2) is 0 Å². The number of likely N-dealkylation sites (tertiary alicyclic amines) is 1. The summed E-state index contributed by atoms with van der Waals surface area (Å²) in [5, 5.41) is 7.36. The largest absolute Gasteiger partial charge is 0.379 e. The van der Waals surface area contributed by atoms with E-state index in [9.17, 15) is 4.79 Å². The molecule has 1 atom stereocenters. The maximum absolute atomic E-state index is 12.4. The molecule has 0 spiro atoms. The van der Waals surface area contributed by atoms with E-state index in [0.717, 1.165) is 71.6 Å². The average molecular weight is 337 g/mol. The minimum absolute atomic E-state index is 0.102. The van der Waals surface area contributed by atoms with Gasteiger partial charge in [-0.1, -0.05) is 0 Å². The third-order valence-electron chi connectivity index (χ3n) is 4.72. The number of hydrogen-bond acceptors (Lipinski definition) is 4. The second-order valence-corrected chi connectivity index (χ2v) is 7.08. The fourth-order valence-corrected chi connectivity index (χ4v) is 4.11. The van der Waals surface area contributed by atoms with Gasteiger partial charge in [-0.2, -0.15) is 11.3 Å². The topological polar surface area (TPSA) is 44.8 Å². The first-order chi connectivity index (χ1) is 11.3. The van der Waals surface area contributed by atoms with Crippen LogP contribution in [0.5, 0.6) is 0 Å². The summed E-state index contributed by atoms with van der Waals surface area (Å²) in [7, 11) is 0. The van der Waals surface area contributed by atoms with Crippen molar-refractivity contribution in [3.63, 3.8) is 0 Å². The molecule has 0 aliphatic carbocycles. The molecule has 2 amide bonds. The van der Waals surface area contributed by atoms with Gasteiger partial charge in [-0.3, -0.25) is 4.90 Å². The summed E-state index contributed by atoms with van der Waals surface area (Å²) in [6, 6.07) is 2.52. The molecule has 0 bridgehead atoms. The van der Waals surface area contributed by atoms with Crippen molar-refractivity contribution in [2.45, 2.75) is 31.7 Å². The quantitative estimate of drug-likeness (QED) is 0.812. The predicted molar refractivity (Wildman–Crippen MR) is 92.9 cm³/mol. The molecule has 1 N–H and O–H groups in total. The number of thiophene rings is 1. The highest BCUT2D eigenvalue weighted by Gasteiger charge is 2.29. The zero-order valence-corrected chi connectivity index (χ0v) is 14.5. The third kappa shape index (κ3) is 4.68. The van der Waals surface area contributed by atoms with E-state index >= 15 is 0 Å². The Kier molecular flexibility index (Phi) is 6.30. The molecule has 23 heavy (non-hydrogen) atoms. The van der Waals surface area contributed by atoms with Crippen LogP contribution in [0.2, 0.25) is 0 Å².